The van der Waals surface area contributed by atoms with Gasteiger partial charge < -0.3 is 15.0 Å². The van der Waals surface area contributed by atoms with Crippen LogP contribution in [0.2, 0.25) is 0 Å². The topological polar surface area (TPSA) is 83.2 Å². The Hall–Kier alpha value is -0.890. The molecule has 0 spiro atoms. The van der Waals surface area contributed by atoms with Gasteiger partial charge in [-0.3, -0.25) is 0 Å². The number of rotatable bonds is 6. The highest BCUT2D eigenvalue weighted by atomic mass is 32.2. The van der Waals surface area contributed by atoms with Gasteiger partial charge in [0.15, 0.2) is 0 Å². The Morgan fingerprint density at radius 2 is 2.22 bits per heavy atom. The molecule has 1 heterocycles. The molecule has 1 fully saturated rings. The Bertz CT molecular complexity index is 491. The molecule has 1 aliphatic carbocycles. The van der Waals surface area contributed by atoms with E-state index in [0.29, 0.717) is 6.54 Å². The molecule has 1 aromatic rings. The molecule has 0 amide bonds. The van der Waals surface area contributed by atoms with Crippen molar-refractivity contribution in [3.05, 3.63) is 18.0 Å². The molecule has 0 radical (unpaired) electrons. The van der Waals surface area contributed by atoms with Gasteiger partial charge in [-0.15, -0.1) is 0 Å². The minimum absolute atomic E-state index is 0.0115. The molecule has 102 valence electrons. The molecule has 0 aromatic carbocycles. The third-order valence-corrected chi connectivity index (χ3v) is 4.64. The van der Waals surface area contributed by atoms with Crippen LogP contribution in [0, 0.1) is 0 Å². The molecule has 6 nitrogen and oxygen atoms in total. The summed E-state index contributed by atoms with van der Waals surface area (Å²) < 4.78 is 31.9. The Balaban J connectivity index is 1.97. The largest absolute Gasteiger partial charge is 0.381 e. The van der Waals surface area contributed by atoms with Gasteiger partial charge in [0.1, 0.15) is 0 Å². The van der Waals surface area contributed by atoms with Crippen molar-refractivity contribution >= 4 is 10.0 Å². The van der Waals surface area contributed by atoms with Gasteiger partial charge in [0.25, 0.3) is 0 Å². The van der Waals surface area contributed by atoms with Crippen LogP contribution in [0.4, 0.5) is 0 Å². The number of hydrogen-bond donors (Lipinski definition) is 3. The van der Waals surface area contributed by atoms with Gasteiger partial charge in [-0.2, -0.15) is 0 Å². The van der Waals surface area contributed by atoms with E-state index in [0.717, 1.165) is 18.5 Å². The summed E-state index contributed by atoms with van der Waals surface area (Å²) in [5.41, 5.74) is 0.848. The Morgan fingerprint density at radius 1 is 1.50 bits per heavy atom. The molecule has 0 atom stereocenters. The van der Waals surface area contributed by atoms with Crippen LogP contribution in [0.3, 0.4) is 0 Å². The first-order chi connectivity index (χ1) is 8.55. The minimum atomic E-state index is -3.41. The van der Waals surface area contributed by atoms with E-state index in [4.69, 9.17) is 4.74 Å². The van der Waals surface area contributed by atoms with Crippen LogP contribution in [0.5, 0.6) is 0 Å². The second-order valence-corrected chi connectivity index (χ2v) is 6.25. The number of ether oxygens (including phenoxy) is 1. The molecule has 1 aliphatic rings. The third-order valence-electron chi connectivity index (χ3n) is 3.14. The molecule has 0 aliphatic heterocycles. The summed E-state index contributed by atoms with van der Waals surface area (Å²) in [6.07, 6.45) is 3.18. The summed E-state index contributed by atoms with van der Waals surface area (Å²) in [6, 6.07) is 1.63. The lowest BCUT2D eigenvalue weighted by atomic mass is 9.90. The first-order valence-electron chi connectivity index (χ1n) is 5.92. The molecule has 18 heavy (non-hydrogen) atoms. The lowest BCUT2D eigenvalue weighted by molar-refractivity contribution is 0.0236. The summed E-state index contributed by atoms with van der Waals surface area (Å²) in [5, 5.41) is 2.96. The third kappa shape index (κ3) is 2.92. The smallest absolute Gasteiger partial charge is 0.242 e. The van der Waals surface area contributed by atoms with Gasteiger partial charge >= 0.3 is 0 Å². The fraction of sp³-hybridized carbons (Fsp3) is 0.636. The summed E-state index contributed by atoms with van der Waals surface area (Å²) in [7, 11) is 0.0424. The zero-order valence-corrected chi connectivity index (χ0v) is 11.4. The molecule has 0 bridgehead atoms. The highest BCUT2D eigenvalue weighted by Crippen LogP contribution is 2.24. The highest BCUT2D eigenvalue weighted by molar-refractivity contribution is 7.89. The molecule has 0 saturated heterocycles. The summed E-state index contributed by atoms with van der Waals surface area (Å²) in [4.78, 5) is 3.22. The van der Waals surface area contributed by atoms with Gasteiger partial charge in [-0.1, -0.05) is 0 Å². The van der Waals surface area contributed by atoms with E-state index in [9.17, 15) is 8.42 Å². The number of hydrogen-bond acceptors (Lipinski definition) is 4. The maximum Gasteiger partial charge on any atom is 0.242 e. The predicted octanol–water partition coefficient (Wildman–Crippen LogP) is 0.190. The lowest BCUT2D eigenvalue weighted by Gasteiger charge is -2.34. The molecule has 1 aromatic heterocycles. The van der Waals surface area contributed by atoms with E-state index in [1.54, 1.807) is 13.2 Å². The van der Waals surface area contributed by atoms with Crippen molar-refractivity contribution in [2.75, 3.05) is 14.2 Å². The van der Waals surface area contributed by atoms with Crippen molar-refractivity contribution in [1.29, 1.82) is 0 Å². The molecular weight excluding hydrogens is 254 g/mol. The zero-order chi connectivity index (χ0) is 13.2. The molecule has 7 heteroatoms. The molecule has 2 rings (SSSR count). The van der Waals surface area contributed by atoms with Crippen LogP contribution < -0.4 is 10.0 Å². The number of aromatic nitrogens is 1. The van der Waals surface area contributed by atoms with Crippen LogP contribution in [-0.2, 0) is 21.3 Å². The fourth-order valence-corrected chi connectivity index (χ4v) is 3.29. The zero-order valence-electron chi connectivity index (χ0n) is 10.6. The van der Waals surface area contributed by atoms with Crippen LogP contribution in [0.1, 0.15) is 18.5 Å². The number of nitrogens with one attached hydrogen (secondary N) is 3. The number of sulfonamides is 1. The maximum absolute atomic E-state index is 12.1. The predicted molar refractivity (Wildman–Crippen MR) is 67.7 cm³/mol. The quantitative estimate of drug-likeness (QED) is 0.691. The molecule has 1 saturated carbocycles. The van der Waals surface area contributed by atoms with E-state index in [1.807, 2.05) is 7.05 Å². The number of H-pyrrole nitrogens is 1. The van der Waals surface area contributed by atoms with E-state index >= 15 is 0 Å². The van der Waals surface area contributed by atoms with Crippen LogP contribution >= 0.6 is 0 Å². The van der Waals surface area contributed by atoms with Gasteiger partial charge in [0.05, 0.1) is 11.0 Å². The number of aromatic amines is 1. The van der Waals surface area contributed by atoms with Crippen molar-refractivity contribution in [3.63, 3.8) is 0 Å². The minimum Gasteiger partial charge on any atom is -0.381 e. The van der Waals surface area contributed by atoms with E-state index in [-0.39, 0.29) is 17.0 Å². The van der Waals surface area contributed by atoms with Crippen molar-refractivity contribution < 1.29 is 13.2 Å². The maximum atomic E-state index is 12.1. The normalized spacial score (nSPS) is 23.9. The SMILES string of the molecule is CNCc1cc(S(=O)(=O)NC2CC(OC)C2)c[nH]1. The highest BCUT2D eigenvalue weighted by Gasteiger charge is 2.32. The van der Waals surface area contributed by atoms with Crippen molar-refractivity contribution in [2.45, 2.75) is 36.4 Å². The fourth-order valence-electron chi connectivity index (χ4n) is 2.01. The first kappa shape index (κ1) is 13.5. The summed E-state index contributed by atoms with van der Waals surface area (Å²) >= 11 is 0. The van der Waals surface area contributed by atoms with Crippen molar-refractivity contribution in [1.82, 2.24) is 15.0 Å². The van der Waals surface area contributed by atoms with E-state index < -0.39 is 10.0 Å². The Labute approximate surface area is 107 Å². The standard InChI is InChI=1S/C11H19N3O3S/c1-12-6-9-5-11(7-13-9)18(15,16)14-8-3-10(4-8)17-2/h5,7-8,10,12-14H,3-4,6H2,1-2H3. The summed E-state index contributed by atoms with van der Waals surface area (Å²) in [6.45, 7) is 0.616. The molecule has 3 N–H and O–H groups in total. The van der Waals surface area contributed by atoms with Crippen LogP contribution in [-0.4, -0.2) is 39.7 Å². The molecular formula is C11H19N3O3S. The Kier molecular flexibility index (Phi) is 4.06. The van der Waals surface area contributed by atoms with Crippen LogP contribution in [0.15, 0.2) is 17.2 Å². The molecule has 0 unspecified atom stereocenters. The Morgan fingerprint density at radius 3 is 2.83 bits per heavy atom. The number of methoxy groups -OCH3 is 1. The van der Waals surface area contributed by atoms with Crippen molar-refractivity contribution in [3.8, 4) is 0 Å². The average Bonchev–Trinajstić information content (AvgIpc) is 2.72. The average molecular weight is 273 g/mol. The van der Waals surface area contributed by atoms with Crippen molar-refractivity contribution in [2.24, 2.45) is 0 Å². The monoisotopic (exact) mass is 273 g/mol. The second kappa shape index (κ2) is 5.40. The van der Waals surface area contributed by atoms with Gasteiger partial charge in [-0.05, 0) is 26.0 Å². The summed E-state index contributed by atoms with van der Waals surface area (Å²) in [5.74, 6) is 0. The van der Waals surface area contributed by atoms with Gasteiger partial charge in [0.2, 0.25) is 10.0 Å². The lowest BCUT2D eigenvalue weighted by Crippen LogP contribution is -2.47. The van der Waals surface area contributed by atoms with E-state index in [2.05, 4.69) is 15.0 Å². The van der Waals surface area contributed by atoms with Crippen LogP contribution in [0.25, 0.3) is 0 Å². The van der Waals surface area contributed by atoms with E-state index in [1.165, 1.54) is 6.20 Å². The second-order valence-electron chi connectivity index (χ2n) is 4.54. The van der Waals surface area contributed by atoms with Gasteiger partial charge in [-0.25, -0.2) is 13.1 Å². The van der Waals surface area contributed by atoms with Gasteiger partial charge in [0, 0.05) is 31.6 Å². The first-order valence-corrected chi connectivity index (χ1v) is 7.40.